The molecule has 0 aromatic heterocycles. The van der Waals surface area contributed by atoms with Crippen LogP contribution in [0.1, 0.15) is 44.9 Å². The van der Waals surface area contributed by atoms with Crippen LogP contribution in [0.3, 0.4) is 0 Å². The predicted octanol–water partition coefficient (Wildman–Crippen LogP) is 2.32. The Morgan fingerprint density at radius 3 is 2.73 bits per heavy atom. The zero-order chi connectivity index (χ0) is 7.52. The van der Waals surface area contributed by atoms with Gasteiger partial charge in [0.15, 0.2) is 0 Å². The minimum absolute atomic E-state index is 0.880. The van der Waals surface area contributed by atoms with Crippen LogP contribution in [0.2, 0.25) is 0 Å². The van der Waals surface area contributed by atoms with Crippen LogP contribution in [0.5, 0.6) is 0 Å². The third-order valence-electron chi connectivity index (χ3n) is 3.25. The molecule has 0 aromatic rings. The van der Waals surface area contributed by atoms with Gasteiger partial charge in [0.1, 0.15) is 0 Å². The van der Waals surface area contributed by atoms with E-state index in [9.17, 15) is 0 Å². The lowest BCUT2D eigenvalue weighted by Crippen LogP contribution is -2.28. The van der Waals surface area contributed by atoms with E-state index in [0.29, 0.717) is 0 Å². The Kier molecular flexibility index (Phi) is 2.47. The highest BCUT2D eigenvalue weighted by Crippen LogP contribution is 2.28. The molecule has 0 radical (unpaired) electrons. The molecule has 1 saturated carbocycles. The van der Waals surface area contributed by atoms with Gasteiger partial charge in [-0.15, -0.1) is 0 Å². The van der Waals surface area contributed by atoms with Gasteiger partial charge >= 0.3 is 0 Å². The molecule has 2 fully saturated rings. The molecule has 2 rings (SSSR count). The first kappa shape index (κ1) is 7.60. The SMILES string of the molecule is C1CCC2CC(C1)CCCN2. The van der Waals surface area contributed by atoms with Crippen molar-refractivity contribution in [3.05, 3.63) is 0 Å². The van der Waals surface area contributed by atoms with Gasteiger partial charge in [0.2, 0.25) is 0 Å². The van der Waals surface area contributed by atoms with E-state index in [-0.39, 0.29) is 0 Å². The molecule has 0 amide bonds. The summed E-state index contributed by atoms with van der Waals surface area (Å²) in [6.45, 7) is 1.28. The van der Waals surface area contributed by atoms with Gasteiger partial charge in [0, 0.05) is 6.04 Å². The summed E-state index contributed by atoms with van der Waals surface area (Å²) in [6.07, 6.45) is 10.3. The topological polar surface area (TPSA) is 12.0 Å². The van der Waals surface area contributed by atoms with Crippen molar-refractivity contribution in [2.24, 2.45) is 5.92 Å². The molecule has 1 heterocycles. The maximum absolute atomic E-state index is 3.65. The number of nitrogens with one attached hydrogen (secondary N) is 1. The Morgan fingerprint density at radius 2 is 1.73 bits per heavy atom. The molecule has 1 aliphatic heterocycles. The van der Waals surface area contributed by atoms with Crippen LogP contribution < -0.4 is 5.32 Å². The lowest BCUT2D eigenvalue weighted by Gasteiger charge is -2.14. The molecule has 2 unspecified atom stereocenters. The quantitative estimate of drug-likeness (QED) is 0.563. The molecule has 0 spiro atoms. The normalized spacial score (nSPS) is 39.3. The zero-order valence-electron chi connectivity index (χ0n) is 7.31. The molecule has 2 atom stereocenters. The van der Waals surface area contributed by atoms with Crippen LogP contribution in [0.4, 0.5) is 0 Å². The lowest BCUT2D eigenvalue weighted by atomic mass is 9.95. The highest BCUT2D eigenvalue weighted by Gasteiger charge is 2.21. The van der Waals surface area contributed by atoms with Gasteiger partial charge in [-0.3, -0.25) is 0 Å². The van der Waals surface area contributed by atoms with Crippen molar-refractivity contribution in [1.29, 1.82) is 0 Å². The maximum atomic E-state index is 3.65. The van der Waals surface area contributed by atoms with Gasteiger partial charge in [-0.05, 0) is 38.1 Å². The largest absolute Gasteiger partial charge is 0.314 e. The van der Waals surface area contributed by atoms with Crippen LogP contribution >= 0.6 is 0 Å². The van der Waals surface area contributed by atoms with Gasteiger partial charge in [0.25, 0.3) is 0 Å². The first-order chi connectivity index (χ1) is 5.45. The van der Waals surface area contributed by atoms with Gasteiger partial charge in [0.05, 0.1) is 0 Å². The zero-order valence-corrected chi connectivity index (χ0v) is 7.31. The van der Waals surface area contributed by atoms with E-state index in [4.69, 9.17) is 0 Å². The fourth-order valence-corrected chi connectivity index (χ4v) is 2.61. The van der Waals surface area contributed by atoms with Gasteiger partial charge in [-0.1, -0.05) is 19.3 Å². The molecule has 2 aliphatic rings. The summed E-state index contributed by atoms with van der Waals surface area (Å²) < 4.78 is 0. The van der Waals surface area contributed by atoms with Gasteiger partial charge in [-0.25, -0.2) is 0 Å². The first-order valence-electron chi connectivity index (χ1n) is 5.18. The van der Waals surface area contributed by atoms with Crippen LogP contribution in [0.15, 0.2) is 0 Å². The standard InChI is InChI=1S/C10H19N/c1-2-6-10-8-9(4-1)5-3-7-11-10/h9-11H,1-8H2. The number of fused-ring (bicyclic) bond motifs is 2. The minimum atomic E-state index is 0.880. The predicted molar refractivity (Wildman–Crippen MR) is 47.6 cm³/mol. The molecule has 64 valence electrons. The van der Waals surface area contributed by atoms with E-state index in [2.05, 4.69) is 5.32 Å². The van der Waals surface area contributed by atoms with E-state index in [1.54, 1.807) is 0 Å². The lowest BCUT2D eigenvalue weighted by molar-refractivity contribution is 0.417. The maximum Gasteiger partial charge on any atom is 0.00697 e. The monoisotopic (exact) mass is 153 g/mol. The number of hydrogen-bond acceptors (Lipinski definition) is 1. The molecule has 1 aliphatic carbocycles. The molecule has 1 saturated heterocycles. The Morgan fingerprint density at radius 1 is 0.909 bits per heavy atom. The second kappa shape index (κ2) is 3.57. The molecule has 1 heteroatoms. The Hall–Kier alpha value is -0.0400. The van der Waals surface area contributed by atoms with Crippen molar-refractivity contribution in [3.63, 3.8) is 0 Å². The summed E-state index contributed by atoms with van der Waals surface area (Å²) in [6, 6.07) is 0.880. The highest BCUT2D eigenvalue weighted by atomic mass is 14.9. The van der Waals surface area contributed by atoms with Crippen LogP contribution in [-0.4, -0.2) is 12.6 Å². The Bertz CT molecular complexity index is 96.0. The number of rotatable bonds is 0. The molecule has 0 aromatic carbocycles. The van der Waals surface area contributed by atoms with Crippen molar-refractivity contribution >= 4 is 0 Å². The minimum Gasteiger partial charge on any atom is -0.314 e. The van der Waals surface area contributed by atoms with Crippen molar-refractivity contribution in [3.8, 4) is 0 Å². The summed E-state index contributed by atoms with van der Waals surface area (Å²) in [4.78, 5) is 0. The second-order valence-electron chi connectivity index (χ2n) is 4.18. The van der Waals surface area contributed by atoms with Crippen LogP contribution in [-0.2, 0) is 0 Å². The van der Waals surface area contributed by atoms with Crippen LogP contribution in [0.25, 0.3) is 0 Å². The van der Waals surface area contributed by atoms with Gasteiger partial charge < -0.3 is 5.32 Å². The van der Waals surface area contributed by atoms with Crippen molar-refractivity contribution < 1.29 is 0 Å². The average Bonchev–Trinajstić information content (AvgIpc) is 2.36. The van der Waals surface area contributed by atoms with Crippen molar-refractivity contribution in [1.82, 2.24) is 5.32 Å². The molecule has 1 N–H and O–H groups in total. The molecule has 1 nitrogen and oxygen atoms in total. The fourth-order valence-electron chi connectivity index (χ4n) is 2.61. The molecule has 2 bridgehead atoms. The highest BCUT2D eigenvalue weighted by molar-refractivity contribution is 4.79. The third-order valence-corrected chi connectivity index (χ3v) is 3.25. The van der Waals surface area contributed by atoms with Crippen molar-refractivity contribution in [2.75, 3.05) is 6.54 Å². The van der Waals surface area contributed by atoms with Crippen LogP contribution in [0, 0.1) is 5.92 Å². The van der Waals surface area contributed by atoms with E-state index >= 15 is 0 Å². The second-order valence-corrected chi connectivity index (χ2v) is 4.18. The van der Waals surface area contributed by atoms with E-state index in [1.807, 2.05) is 0 Å². The summed E-state index contributed by atoms with van der Waals surface area (Å²) in [5, 5.41) is 3.65. The molecular formula is C10H19N. The Labute approximate surface area is 69.6 Å². The summed E-state index contributed by atoms with van der Waals surface area (Å²) in [5.41, 5.74) is 0. The third kappa shape index (κ3) is 1.96. The fraction of sp³-hybridized carbons (Fsp3) is 1.00. The average molecular weight is 153 g/mol. The summed E-state index contributed by atoms with van der Waals surface area (Å²) in [5.74, 6) is 1.07. The van der Waals surface area contributed by atoms with Gasteiger partial charge in [-0.2, -0.15) is 0 Å². The van der Waals surface area contributed by atoms with E-state index in [1.165, 1.54) is 51.5 Å². The van der Waals surface area contributed by atoms with E-state index in [0.717, 1.165) is 12.0 Å². The summed E-state index contributed by atoms with van der Waals surface area (Å²) in [7, 11) is 0. The molecular weight excluding hydrogens is 134 g/mol. The Balaban J connectivity index is 1.96. The summed E-state index contributed by atoms with van der Waals surface area (Å²) >= 11 is 0. The van der Waals surface area contributed by atoms with Crippen molar-refractivity contribution in [2.45, 2.75) is 51.0 Å². The smallest absolute Gasteiger partial charge is 0.00697 e. The number of hydrogen-bond donors (Lipinski definition) is 1. The first-order valence-corrected chi connectivity index (χ1v) is 5.18. The van der Waals surface area contributed by atoms with E-state index < -0.39 is 0 Å². The molecule has 11 heavy (non-hydrogen) atoms.